The van der Waals surface area contributed by atoms with Gasteiger partial charge in [0, 0.05) is 12.1 Å². The van der Waals surface area contributed by atoms with E-state index in [1.807, 2.05) is 19.9 Å². The number of benzene rings is 1. The quantitative estimate of drug-likeness (QED) is 0.499. The molecule has 144 valence electrons. The molecule has 7 heteroatoms. The van der Waals surface area contributed by atoms with Gasteiger partial charge in [0.05, 0.1) is 18.2 Å². The molecule has 0 unspecified atom stereocenters. The van der Waals surface area contributed by atoms with Crippen LogP contribution in [0, 0.1) is 0 Å². The molecule has 0 spiro atoms. The van der Waals surface area contributed by atoms with E-state index >= 15 is 0 Å². The van der Waals surface area contributed by atoms with Crippen molar-refractivity contribution in [3.05, 3.63) is 23.8 Å². The highest BCUT2D eigenvalue weighted by molar-refractivity contribution is 6.40. The van der Waals surface area contributed by atoms with Gasteiger partial charge in [0.15, 0.2) is 5.78 Å². The summed E-state index contributed by atoms with van der Waals surface area (Å²) in [6.45, 7) is 3.54. The number of carbonyl (C=O) groups excluding carboxylic acids is 3. The number of amides is 1. The minimum atomic E-state index is -0.758. The Morgan fingerprint density at radius 2 is 1.96 bits per heavy atom. The topological polar surface area (TPSA) is 88.1 Å². The average Bonchev–Trinajstić information content (AvgIpc) is 2.79. The number of hydrazone groups is 1. The van der Waals surface area contributed by atoms with Gasteiger partial charge in [0.25, 0.3) is 0 Å². The van der Waals surface area contributed by atoms with E-state index in [1.54, 1.807) is 12.1 Å². The van der Waals surface area contributed by atoms with E-state index in [0.717, 1.165) is 24.8 Å². The third-order valence-corrected chi connectivity index (χ3v) is 5.21. The van der Waals surface area contributed by atoms with Crippen LogP contribution in [0.2, 0.25) is 0 Å². The fourth-order valence-electron chi connectivity index (χ4n) is 3.54. The maximum absolute atomic E-state index is 12.8. The molecule has 0 bridgehead atoms. The fourth-order valence-corrected chi connectivity index (χ4v) is 3.54. The van der Waals surface area contributed by atoms with Crippen molar-refractivity contribution in [2.75, 3.05) is 24.0 Å². The van der Waals surface area contributed by atoms with Crippen molar-refractivity contribution >= 4 is 34.7 Å². The lowest BCUT2D eigenvalue weighted by Gasteiger charge is -2.19. The highest BCUT2D eigenvalue weighted by Gasteiger charge is 2.44. The van der Waals surface area contributed by atoms with Gasteiger partial charge in [0.2, 0.25) is 5.91 Å². The standard InChI is InChI=1S/C20H25N3O4/c1-20(2)14-11-13(21-22-15-7-5-4-6-8-17(15)24)9-10-16(14)23(19(20)26)12-18(25)27-3/h9-11,21H,4-8,12H2,1-3H3/b22-15-. The maximum atomic E-state index is 12.8. The lowest BCUT2D eigenvalue weighted by Crippen LogP contribution is -2.39. The fraction of sp³-hybridized carbons (Fsp3) is 0.500. The van der Waals surface area contributed by atoms with E-state index < -0.39 is 11.4 Å². The molecule has 0 radical (unpaired) electrons. The normalized spacial score (nSPS) is 20.4. The number of anilines is 2. The molecule has 1 N–H and O–H groups in total. The van der Waals surface area contributed by atoms with Crippen LogP contribution in [0.4, 0.5) is 11.4 Å². The minimum Gasteiger partial charge on any atom is -0.468 e. The molecule has 27 heavy (non-hydrogen) atoms. The molecule has 1 aromatic rings. The summed E-state index contributed by atoms with van der Waals surface area (Å²) in [7, 11) is 1.30. The number of rotatable bonds is 4. The second-order valence-electron chi connectivity index (χ2n) is 7.48. The summed E-state index contributed by atoms with van der Waals surface area (Å²) in [5, 5.41) is 4.31. The lowest BCUT2D eigenvalue weighted by molar-refractivity contribution is -0.140. The second-order valence-corrected chi connectivity index (χ2v) is 7.48. The van der Waals surface area contributed by atoms with Crippen molar-refractivity contribution < 1.29 is 19.1 Å². The molecule has 1 heterocycles. The van der Waals surface area contributed by atoms with Crippen LogP contribution >= 0.6 is 0 Å². The number of esters is 1. The zero-order chi connectivity index (χ0) is 19.6. The Kier molecular flexibility index (Phi) is 5.30. The number of hydrogen-bond acceptors (Lipinski definition) is 6. The summed E-state index contributed by atoms with van der Waals surface area (Å²) < 4.78 is 4.70. The van der Waals surface area contributed by atoms with Crippen LogP contribution in [-0.4, -0.2) is 37.0 Å². The minimum absolute atomic E-state index is 0.0981. The summed E-state index contributed by atoms with van der Waals surface area (Å²) in [4.78, 5) is 37.9. The maximum Gasteiger partial charge on any atom is 0.325 e. The molecule has 1 aliphatic carbocycles. The molecule has 7 nitrogen and oxygen atoms in total. The zero-order valence-electron chi connectivity index (χ0n) is 16.0. The number of hydrogen-bond donors (Lipinski definition) is 1. The first kappa shape index (κ1) is 19.1. The lowest BCUT2D eigenvalue weighted by atomic mass is 9.86. The summed E-state index contributed by atoms with van der Waals surface area (Å²) in [6, 6.07) is 5.45. The molecular formula is C20H25N3O4. The first-order valence-electron chi connectivity index (χ1n) is 9.23. The predicted molar refractivity (Wildman–Crippen MR) is 103 cm³/mol. The van der Waals surface area contributed by atoms with Gasteiger partial charge >= 0.3 is 5.97 Å². The number of fused-ring (bicyclic) bond motifs is 1. The van der Waals surface area contributed by atoms with E-state index in [-0.39, 0.29) is 18.2 Å². The number of nitrogens with one attached hydrogen (secondary N) is 1. The van der Waals surface area contributed by atoms with Crippen molar-refractivity contribution in [2.24, 2.45) is 5.10 Å². The Morgan fingerprint density at radius 3 is 2.70 bits per heavy atom. The molecule has 2 aliphatic rings. The molecule has 1 fully saturated rings. The summed E-state index contributed by atoms with van der Waals surface area (Å²) in [6.07, 6.45) is 4.18. The zero-order valence-corrected chi connectivity index (χ0v) is 16.0. The molecule has 1 amide bonds. The molecule has 1 aliphatic heterocycles. The Morgan fingerprint density at radius 1 is 1.22 bits per heavy atom. The average molecular weight is 371 g/mol. The van der Waals surface area contributed by atoms with Crippen LogP contribution in [0.3, 0.4) is 0 Å². The van der Waals surface area contributed by atoms with Gasteiger partial charge in [-0.2, -0.15) is 5.10 Å². The molecule has 0 aromatic heterocycles. The van der Waals surface area contributed by atoms with E-state index in [9.17, 15) is 14.4 Å². The Balaban J connectivity index is 1.85. The number of nitrogens with zero attached hydrogens (tertiary/aromatic N) is 2. The Hall–Kier alpha value is -2.70. The van der Waals surface area contributed by atoms with Crippen LogP contribution < -0.4 is 10.3 Å². The number of ether oxygens (including phenoxy) is 1. The smallest absolute Gasteiger partial charge is 0.325 e. The van der Waals surface area contributed by atoms with Gasteiger partial charge in [-0.1, -0.05) is 6.42 Å². The van der Waals surface area contributed by atoms with Gasteiger partial charge in [-0.05, 0) is 56.9 Å². The van der Waals surface area contributed by atoms with E-state index in [2.05, 4.69) is 10.5 Å². The van der Waals surface area contributed by atoms with Crippen LogP contribution in [0.15, 0.2) is 23.3 Å². The van der Waals surface area contributed by atoms with Crippen LogP contribution in [0.5, 0.6) is 0 Å². The van der Waals surface area contributed by atoms with Crippen molar-refractivity contribution in [3.8, 4) is 0 Å². The van der Waals surface area contributed by atoms with E-state index in [0.29, 0.717) is 29.9 Å². The Bertz CT molecular complexity index is 813. The number of Topliss-reactive ketones (excluding diaryl/α,β-unsaturated/α-hetero) is 1. The van der Waals surface area contributed by atoms with Crippen LogP contribution in [0.25, 0.3) is 0 Å². The first-order chi connectivity index (χ1) is 12.8. The van der Waals surface area contributed by atoms with Gasteiger partial charge in [-0.3, -0.25) is 19.8 Å². The summed E-state index contributed by atoms with van der Waals surface area (Å²) in [5.41, 5.74) is 5.00. The highest BCUT2D eigenvalue weighted by Crippen LogP contribution is 2.42. The molecule has 1 saturated carbocycles. The van der Waals surface area contributed by atoms with E-state index in [1.165, 1.54) is 12.0 Å². The van der Waals surface area contributed by atoms with Crippen LogP contribution in [0.1, 0.15) is 51.5 Å². The molecule has 3 rings (SSSR count). The molecule has 0 atom stereocenters. The van der Waals surface area contributed by atoms with E-state index in [4.69, 9.17) is 4.74 Å². The number of methoxy groups -OCH3 is 1. The number of carbonyl (C=O) groups is 3. The largest absolute Gasteiger partial charge is 0.468 e. The molecular weight excluding hydrogens is 346 g/mol. The highest BCUT2D eigenvalue weighted by atomic mass is 16.5. The summed E-state index contributed by atoms with van der Waals surface area (Å²) >= 11 is 0. The SMILES string of the molecule is COC(=O)CN1C(=O)C(C)(C)c2cc(N/N=C3/CCCCCC3=O)ccc21. The van der Waals surface area contributed by atoms with Gasteiger partial charge in [-0.15, -0.1) is 0 Å². The predicted octanol–water partition coefficient (Wildman–Crippen LogP) is 2.78. The van der Waals surface area contributed by atoms with Crippen molar-refractivity contribution in [1.29, 1.82) is 0 Å². The van der Waals surface area contributed by atoms with Gasteiger partial charge < -0.3 is 9.64 Å². The van der Waals surface area contributed by atoms with Gasteiger partial charge in [0.1, 0.15) is 12.3 Å². The van der Waals surface area contributed by atoms with Gasteiger partial charge in [-0.25, -0.2) is 0 Å². The van der Waals surface area contributed by atoms with Crippen molar-refractivity contribution in [3.63, 3.8) is 0 Å². The third kappa shape index (κ3) is 3.72. The molecule has 1 aromatic carbocycles. The summed E-state index contributed by atoms with van der Waals surface area (Å²) in [5.74, 6) is -0.515. The van der Waals surface area contributed by atoms with Crippen LogP contribution in [-0.2, 0) is 24.5 Å². The van der Waals surface area contributed by atoms with Crippen molar-refractivity contribution in [2.45, 2.75) is 51.4 Å². The first-order valence-corrected chi connectivity index (χ1v) is 9.23. The third-order valence-electron chi connectivity index (χ3n) is 5.21. The monoisotopic (exact) mass is 371 g/mol. The second kappa shape index (κ2) is 7.50. The van der Waals surface area contributed by atoms with Crippen molar-refractivity contribution in [1.82, 2.24) is 0 Å². The Labute approximate surface area is 158 Å². The molecule has 0 saturated heterocycles. The number of ketones is 1.